The van der Waals surface area contributed by atoms with Crippen molar-refractivity contribution >= 4 is 21.6 Å². The fourth-order valence-corrected chi connectivity index (χ4v) is 4.52. The minimum atomic E-state index is -0.0382. The van der Waals surface area contributed by atoms with Gasteiger partial charge in [0, 0.05) is 4.88 Å². The van der Waals surface area contributed by atoms with Gasteiger partial charge in [0.2, 0.25) is 0 Å². The van der Waals surface area contributed by atoms with Gasteiger partial charge < -0.3 is 4.74 Å². The summed E-state index contributed by atoms with van der Waals surface area (Å²) in [6.07, 6.45) is 3.16. The predicted octanol–water partition coefficient (Wildman–Crippen LogP) is 3.06. The summed E-state index contributed by atoms with van der Waals surface area (Å²) in [5, 5.41) is 9.13. The van der Waals surface area contributed by atoms with E-state index in [2.05, 4.69) is 17.2 Å². The Kier molecular flexibility index (Phi) is 4.06. The number of nitrogens with zero attached hydrogens (tertiary/aromatic N) is 3. The molecule has 0 spiro atoms. The molecule has 5 nitrogen and oxygen atoms in total. The second-order valence-corrected chi connectivity index (χ2v) is 7.39. The molecule has 24 heavy (non-hydrogen) atoms. The quantitative estimate of drug-likeness (QED) is 0.732. The second kappa shape index (κ2) is 6.36. The van der Waals surface area contributed by atoms with Crippen molar-refractivity contribution < 1.29 is 4.74 Å². The number of hydrogen-bond donors (Lipinski definition) is 0. The Bertz CT molecular complexity index is 917. The Labute approximate surface area is 143 Å². The SMILES string of the molecule is CC1CCc2c(sc3nnn(CCOc4ccccc4)c(=O)c23)C1. The van der Waals surface area contributed by atoms with Crippen LogP contribution in [0, 0.1) is 5.92 Å². The molecule has 1 aliphatic rings. The summed E-state index contributed by atoms with van der Waals surface area (Å²) < 4.78 is 7.09. The normalized spacial score (nSPS) is 17.0. The van der Waals surface area contributed by atoms with Crippen LogP contribution in [0.15, 0.2) is 35.1 Å². The third kappa shape index (κ3) is 2.82. The number of thiophene rings is 1. The minimum Gasteiger partial charge on any atom is -0.492 e. The monoisotopic (exact) mass is 341 g/mol. The molecule has 1 atom stereocenters. The Balaban J connectivity index is 1.58. The van der Waals surface area contributed by atoms with E-state index >= 15 is 0 Å². The zero-order chi connectivity index (χ0) is 16.5. The predicted molar refractivity (Wildman–Crippen MR) is 94.8 cm³/mol. The topological polar surface area (TPSA) is 57.0 Å². The van der Waals surface area contributed by atoms with Crippen LogP contribution in [0.2, 0.25) is 0 Å². The average Bonchev–Trinajstić information content (AvgIpc) is 2.96. The van der Waals surface area contributed by atoms with Crippen LogP contribution in [0.25, 0.3) is 10.2 Å². The molecule has 0 saturated carbocycles. The first-order valence-corrected chi connectivity index (χ1v) is 9.10. The van der Waals surface area contributed by atoms with Crippen molar-refractivity contribution in [3.05, 3.63) is 51.1 Å². The molecule has 0 aliphatic heterocycles. The highest BCUT2D eigenvalue weighted by Crippen LogP contribution is 2.35. The van der Waals surface area contributed by atoms with Gasteiger partial charge in [-0.25, -0.2) is 4.68 Å². The van der Waals surface area contributed by atoms with Gasteiger partial charge in [0.15, 0.2) is 4.83 Å². The highest BCUT2D eigenvalue weighted by atomic mass is 32.1. The first kappa shape index (κ1) is 15.3. The molecule has 1 aliphatic carbocycles. The molecule has 4 rings (SSSR count). The molecule has 6 heteroatoms. The highest BCUT2D eigenvalue weighted by molar-refractivity contribution is 7.18. The van der Waals surface area contributed by atoms with E-state index in [0.717, 1.165) is 35.2 Å². The first-order valence-electron chi connectivity index (χ1n) is 8.28. The van der Waals surface area contributed by atoms with Gasteiger partial charge in [0.05, 0.1) is 11.9 Å². The molecule has 0 fully saturated rings. The lowest BCUT2D eigenvalue weighted by molar-refractivity contribution is 0.285. The molecular formula is C18H19N3O2S. The van der Waals surface area contributed by atoms with Crippen LogP contribution in [0.1, 0.15) is 23.8 Å². The fraction of sp³-hybridized carbons (Fsp3) is 0.389. The molecule has 1 aromatic carbocycles. The van der Waals surface area contributed by atoms with Crippen molar-refractivity contribution in [3.8, 4) is 5.75 Å². The van der Waals surface area contributed by atoms with Gasteiger partial charge >= 0.3 is 0 Å². The zero-order valence-corrected chi connectivity index (χ0v) is 14.4. The summed E-state index contributed by atoms with van der Waals surface area (Å²) in [6, 6.07) is 9.58. The van der Waals surface area contributed by atoms with E-state index in [9.17, 15) is 4.79 Å². The number of aromatic nitrogens is 3. The Hall–Kier alpha value is -2.21. The summed E-state index contributed by atoms with van der Waals surface area (Å²) in [6.45, 7) is 3.06. The number of hydrogen-bond acceptors (Lipinski definition) is 5. The lowest BCUT2D eigenvalue weighted by Gasteiger charge is -2.17. The minimum absolute atomic E-state index is 0.0382. The first-order chi connectivity index (χ1) is 11.7. The van der Waals surface area contributed by atoms with E-state index in [1.807, 2.05) is 30.3 Å². The van der Waals surface area contributed by atoms with Crippen molar-refractivity contribution in [1.29, 1.82) is 0 Å². The maximum Gasteiger partial charge on any atom is 0.278 e. The van der Waals surface area contributed by atoms with E-state index in [1.165, 1.54) is 15.1 Å². The van der Waals surface area contributed by atoms with Crippen molar-refractivity contribution in [3.63, 3.8) is 0 Å². The highest BCUT2D eigenvalue weighted by Gasteiger charge is 2.23. The second-order valence-electron chi connectivity index (χ2n) is 6.31. The Morgan fingerprint density at radius 1 is 1.33 bits per heavy atom. The van der Waals surface area contributed by atoms with Crippen LogP contribution in [-0.4, -0.2) is 21.6 Å². The van der Waals surface area contributed by atoms with Gasteiger partial charge in [-0.05, 0) is 42.9 Å². The molecular weight excluding hydrogens is 322 g/mol. The molecule has 0 amide bonds. The molecule has 2 aromatic heterocycles. The standard InChI is InChI=1S/C18H19N3O2S/c1-12-7-8-14-15(11-12)24-17-16(14)18(22)21(20-19-17)9-10-23-13-5-3-2-4-6-13/h2-6,12H,7-11H2,1H3. The van der Waals surface area contributed by atoms with E-state index < -0.39 is 0 Å². The number of ether oxygens (including phenoxy) is 1. The van der Waals surface area contributed by atoms with Crippen LogP contribution >= 0.6 is 11.3 Å². The summed E-state index contributed by atoms with van der Waals surface area (Å²) in [5.74, 6) is 1.47. The number of aryl methyl sites for hydroxylation is 1. The van der Waals surface area contributed by atoms with E-state index in [0.29, 0.717) is 19.1 Å². The van der Waals surface area contributed by atoms with Crippen LogP contribution in [0.4, 0.5) is 0 Å². The molecule has 2 heterocycles. The van der Waals surface area contributed by atoms with Crippen LogP contribution in [0.3, 0.4) is 0 Å². The van der Waals surface area contributed by atoms with Crippen molar-refractivity contribution in [2.45, 2.75) is 32.7 Å². The van der Waals surface area contributed by atoms with Gasteiger partial charge in [-0.1, -0.05) is 30.3 Å². The van der Waals surface area contributed by atoms with Gasteiger partial charge in [0.1, 0.15) is 12.4 Å². The molecule has 0 saturated heterocycles. The van der Waals surface area contributed by atoms with Gasteiger partial charge in [-0.3, -0.25) is 4.79 Å². The van der Waals surface area contributed by atoms with Gasteiger partial charge in [0.25, 0.3) is 5.56 Å². The zero-order valence-electron chi connectivity index (χ0n) is 13.6. The molecule has 0 radical (unpaired) electrons. The summed E-state index contributed by atoms with van der Waals surface area (Å²) in [5.41, 5.74) is 1.16. The van der Waals surface area contributed by atoms with Gasteiger partial charge in [-0.15, -0.1) is 16.4 Å². The molecule has 0 N–H and O–H groups in total. The Morgan fingerprint density at radius 3 is 3.00 bits per heavy atom. The average molecular weight is 341 g/mol. The van der Waals surface area contributed by atoms with E-state index in [4.69, 9.17) is 4.74 Å². The van der Waals surface area contributed by atoms with E-state index in [1.54, 1.807) is 11.3 Å². The number of para-hydroxylation sites is 1. The third-order valence-corrected chi connectivity index (χ3v) is 5.64. The summed E-state index contributed by atoms with van der Waals surface area (Å²) in [7, 11) is 0. The third-order valence-electron chi connectivity index (χ3n) is 4.50. The number of benzene rings is 1. The van der Waals surface area contributed by atoms with Crippen molar-refractivity contribution in [2.24, 2.45) is 5.92 Å². The maximum absolute atomic E-state index is 12.8. The Morgan fingerprint density at radius 2 is 2.17 bits per heavy atom. The smallest absolute Gasteiger partial charge is 0.278 e. The van der Waals surface area contributed by atoms with Gasteiger partial charge in [-0.2, -0.15) is 0 Å². The van der Waals surface area contributed by atoms with Crippen LogP contribution in [-0.2, 0) is 19.4 Å². The lowest BCUT2D eigenvalue weighted by Crippen LogP contribution is -2.27. The lowest BCUT2D eigenvalue weighted by atomic mass is 9.89. The largest absolute Gasteiger partial charge is 0.492 e. The number of fused-ring (bicyclic) bond motifs is 3. The van der Waals surface area contributed by atoms with Crippen molar-refractivity contribution in [2.75, 3.05) is 6.61 Å². The fourth-order valence-electron chi connectivity index (χ4n) is 3.20. The molecule has 0 bridgehead atoms. The van der Waals surface area contributed by atoms with Crippen molar-refractivity contribution in [1.82, 2.24) is 15.0 Å². The summed E-state index contributed by atoms with van der Waals surface area (Å²) in [4.78, 5) is 14.9. The van der Waals surface area contributed by atoms with E-state index in [-0.39, 0.29) is 5.56 Å². The molecule has 124 valence electrons. The number of rotatable bonds is 4. The molecule has 1 unspecified atom stereocenters. The maximum atomic E-state index is 12.8. The van der Waals surface area contributed by atoms with Crippen LogP contribution in [0.5, 0.6) is 5.75 Å². The van der Waals surface area contributed by atoms with Crippen LogP contribution < -0.4 is 10.3 Å². The summed E-state index contributed by atoms with van der Waals surface area (Å²) >= 11 is 1.63. The molecule has 3 aromatic rings.